The van der Waals surface area contributed by atoms with Crippen molar-refractivity contribution in [3.63, 3.8) is 0 Å². The highest BCUT2D eigenvalue weighted by atomic mass is 35.5. The predicted octanol–water partition coefficient (Wildman–Crippen LogP) is 2.04. The number of rotatable bonds is 3. The van der Waals surface area contributed by atoms with Crippen LogP contribution < -0.4 is 15.4 Å². The van der Waals surface area contributed by atoms with Crippen LogP contribution in [-0.4, -0.2) is 25.6 Å². The van der Waals surface area contributed by atoms with Gasteiger partial charge >= 0.3 is 0 Å². The number of ether oxygens (including phenoxy) is 1. The Balaban J connectivity index is 2.09. The molecule has 92 valence electrons. The molecule has 1 aromatic carbocycles. The van der Waals surface area contributed by atoms with Crippen molar-refractivity contribution in [3.8, 4) is 5.75 Å². The van der Waals surface area contributed by atoms with E-state index >= 15 is 0 Å². The second-order valence-electron chi connectivity index (χ2n) is 3.98. The lowest BCUT2D eigenvalue weighted by Gasteiger charge is -2.13. The van der Waals surface area contributed by atoms with Crippen molar-refractivity contribution < 1.29 is 9.53 Å². The lowest BCUT2D eigenvalue weighted by molar-refractivity contribution is -0.117. The first kappa shape index (κ1) is 12.2. The van der Waals surface area contributed by atoms with E-state index in [1.807, 2.05) is 0 Å². The Kier molecular flexibility index (Phi) is 3.86. The van der Waals surface area contributed by atoms with Crippen LogP contribution in [0, 0.1) is 0 Å². The van der Waals surface area contributed by atoms with E-state index in [0.717, 1.165) is 19.4 Å². The predicted molar refractivity (Wildman–Crippen MR) is 67.7 cm³/mol. The third kappa shape index (κ3) is 2.90. The summed E-state index contributed by atoms with van der Waals surface area (Å²) in [6.07, 6.45) is 1.90. The van der Waals surface area contributed by atoms with Gasteiger partial charge < -0.3 is 15.4 Å². The van der Waals surface area contributed by atoms with Gasteiger partial charge in [0, 0.05) is 6.07 Å². The smallest absolute Gasteiger partial charge is 0.241 e. The molecule has 0 spiro atoms. The summed E-state index contributed by atoms with van der Waals surface area (Å²) >= 11 is 6.01. The fourth-order valence-electron chi connectivity index (χ4n) is 1.86. The lowest BCUT2D eigenvalue weighted by Crippen LogP contribution is -2.35. The van der Waals surface area contributed by atoms with Gasteiger partial charge in [-0.1, -0.05) is 11.6 Å². The molecule has 1 aromatic rings. The monoisotopic (exact) mass is 254 g/mol. The highest BCUT2D eigenvalue weighted by Gasteiger charge is 2.22. The zero-order chi connectivity index (χ0) is 12.3. The first-order valence-corrected chi connectivity index (χ1v) is 5.96. The second-order valence-corrected chi connectivity index (χ2v) is 4.39. The van der Waals surface area contributed by atoms with Crippen LogP contribution in [0.4, 0.5) is 5.69 Å². The zero-order valence-electron chi connectivity index (χ0n) is 9.63. The molecule has 1 saturated heterocycles. The highest BCUT2D eigenvalue weighted by Crippen LogP contribution is 2.27. The van der Waals surface area contributed by atoms with E-state index in [0.29, 0.717) is 16.5 Å². The van der Waals surface area contributed by atoms with E-state index in [4.69, 9.17) is 16.3 Å². The number of amides is 1. The largest absolute Gasteiger partial charge is 0.497 e. The summed E-state index contributed by atoms with van der Waals surface area (Å²) in [5.41, 5.74) is 0.588. The molecular weight excluding hydrogens is 240 g/mol. The van der Waals surface area contributed by atoms with Gasteiger partial charge in [0.1, 0.15) is 5.75 Å². The molecule has 17 heavy (non-hydrogen) atoms. The Bertz CT molecular complexity index is 417. The van der Waals surface area contributed by atoms with Crippen molar-refractivity contribution in [1.82, 2.24) is 5.32 Å². The third-order valence-corrected chi connectivity index (χ3v) is 3.14. The summed E-state index contributed by atoms with van der Waals surface area (Å²) in [5.74, 6) is 0.627. The molecule has 0 radical (unpaired) electrons. The SMILES string of the molecule is COc1ccc(Cl)c(NC(=O)C2CCCN2)c1. The van der Waals surface area contributed by atoms with Crippen molar-refractivity contribution in [1.29, 1.82) is 0 Å². The fraction of sp³-hybridized carbons (Fsp3) is 0.417. The average molecular weight is 255 g/mol. The summed E-state index contributed by atoms with van der Waals surface area (Å²) in [5, 5.41) is 6.46. The third-order valence-electron chi connectivity index (χ3n) is 2.81. The average Bonchev–Trinajstić information content (AvgIpc) is 2.85. The normalized spacial score (nSPS) is 19.1. The van der Waals surface area contributed by atoms with E-state index in [2.05, 4.69) is 10.6 Å². The molecule has 1 aliphatic heterocycles. The van der Waals surface area contributed by atoms with Crippen LogP contribution in [0.1, 0.15) is 12.8 Å². The van der Waals surface area contributed by atoms with Crippen LogP contribution in [0.3, 0.4) is 0 Å². The molecule has 0 aromatic heterocycles. The zero-order valence-corrected chi connectivity index (χ0v) is 10.4. The van der Waals surface area contributed by atoms with Crippen molar-refractivity contribution in [2.24, 2.45) is 0 Å². The Morgan fingerprint density at radius 3 is 3.06 bits per heavy atom. The molecule has 0 bridgehead atoms. The Labute approximate surface area is 105 Å². The van der Waals surface area contributed by atoms with Crippen LogP contribution in [-0.2, 0) is 4.79 Å². The van der Waals surface area contributed by atoms with Crippen molar-refractivity contribution in [2.45, 2.75) is 18.9 Å². The van der Waals surface area contributed by atoms with E-state index < -0.39 is 0 Å². The van der Waals surface area contributed by atoms with Crippen LogP contribution >= 0.6 is 11.6 Å². The highest BCUT2D eigenvalue weighted by molar-refractivity contribution is 6.33. The Morgan fingerprint density at radius 2 is 2.41 bits per heavy atom. The van der Waals surface area contributed by atoms with Crippen molar-refractivity contribution in [3.05, 3.63) is 23.2 Å². The molecule has 1 unspecified atom stereocenters. The summed E-state index contributed by atoms with van der Waals surface area (Å²) in [4.78, 5) is 11.9. The number of anilines is 1. The molecule has 1 amide bonds. The summed E-state index contributed by atoms with van der Waals surface area (Å²) in [7, 11) is 1.58. The van der Waals surface area contributed by atoms with Crippen molar-refractivity contribution in [2.75, 3.05) is 19.0 Å². The Morgan fingerprint density at radius 1 is 1.59 bits per heavy atom. The van der Waals surface area contributed by atoms with Crippen LogP contribution in [0.2, 0.25) is 5.02 Å². The Hall–Kier alpha value is -1.26. The van der Waals surface area contributed by atoms with Gasteiger partial charge in [0.05, 0.1) is 23.9 Å². The standard InChI is InChI=1S/C12H15ClN2O2/c1-17-8-4-5-9(13)11(7-8)15-12(16)10-3-2-6-14-10/h4-5,7,10,14H,2-3,6H2,1H3,(H,15,16). The van der Waals surface area contributed by atoms with Crippen LogP contribution in [0.25, 0.3) is 0 Å². The molecule has 5 heteroatoms. The summed E-state index contributed by atoms with van der Waals surface area (Å²) < 4.78 is 5.09. The number of methoxy groups -OCH3 is 1. The molecule has 1 heterocycles. The fourth-order valence-corrected chi connectivity index (χ4v) is 2.02. The maximum absolute atomic E-state index is 11.9. The van der Waals surface area contributed by atoms with Gasteiger partial charge in [0.25, 0.3) is 0 Å². The molecule has 0 aliphatic carbocycles. The molecule has 2 N–H and O–H groups in total. The number of halogens is 1. The molecule has 0 saturated carbocycles. The maximum atomic E-state index is 11.9. The van der Waals surface area contributed by atoms with E-state index in [9.17, 15) is 4.79 Å². The van der Waals surface area contributed by atoms with E-state index in [-0.39, 0.29) is 11.9 Å². The van der Waals surface area contributed by atoms with E-state index in [1.54, 1.807) is 25.3 Å². The minimum absolute atomic E-state index is 0.0438. The van der Waals surface area contributed by atoms with Gasteiger partial charge in [-0.15, -0.1) is 0 Å². The summed E-state index contributed by atoms with van der Waals surface area (Å²) in [6, 6.07) is 5.07. The molecule has 1 aliphatic rings. The van der Waals surface area contributed by atoms with Crippen LogP contribution in [0.15, 0.2) is 18.2 Å². The number of carbonyl (C=O) groups excluding carboxylic acids is 1. The van der Waals surface area contributed by atoms with Gasteiger partial charge in [-0.25, -0.2) is 0 Å². The first-order chi connectivity index (χ1) is 8.20. The second kappa shape index (κ2) is 5.38. The number of hydrogen-bond acceptors (Lipinski definition) is 3. The minimum Gasteiger partial charge on any atom is -0.497 e. The van der Waals surface area contributed by atoms with Gasteiger partial charge in [0.15, 0.2) is 0 Å². The first-order valence-electron chi connectivity index (χ1n) is 5.58. The molecule has 1 fully saturated rings. The van der Waals surface area contributed by atoms with Gasteiger partial charge in [-0.2, -0.15) is 0 Å². The number of hydrogen-bond donors (Lipinski definition) is 2. The number of nitrogens with one attached hydrogen (secondary N) is 2. The molecule has 2 rings (SSSR count). The van der Waals surface area contributed by atoms with Gasteiger partial charge in [0.2, 0.25) is 5.91 Å². The lowest BCUT2D eigenvalue weighted by atomic mass is 10.2. The number of carbonyl (C=O) groups is 1. The van der Waals surface area contributed by atoms with Crippen LogP contribution in [0.5, 0.6) is 5.75 Å². The number of benzene rings is 1. The minimum atomic E-state index is -0.114. The van der Waals surface area contributed by atoms with Gasteiger partial charge in [-0.05, 0) is 31.5 Å². The molecule has 4 nitrogen and oxygen atoms in total. The molecule has 1 atom stereocenters. The topological polar surface area (TPSA) is 50.4 Å². The van der Waals surface area contributed by atoms with Gasteiger partial charge in [-0.3, -0.25) is 4.79 Å². The van der Waals surface area contributed by atoms with E-state index in [1.165, 1.54) is 0 Å². The van der Waals surface area contributed by atoms with Crippen molar-refractivity contribution >= 4 is 23.2 Å². The quantitative estimate of drug-likeness (QED) is 0.868. The summed E-state index contributed by atoms with van der Waals surface area (Å²) in [6.45, 7) is 0.893. The maximum Gasteiger partial charge on any atom is 0.241 e. The molecular formula is C12H15ClN2O2.